The number of carbonyl (C=O) groups excluding carboxylic acids is 1. The molecule has 1 amide bonds. The Hall–Kier alpha value is -0.530. The van der Waals surface area contributed by atoms with Crippen LogP contribution in [0.4, 0.5) is 0 Å². The molecule has 21 heavy (non-hydrogen) atoms. The third-order valence-electron chi connectivity index (χ3n) is 3.28. The van der Waals surface area contributed by atoms with Crippen LogP contribution in [0.1, 0.15) is 118 Å². The van der Waals surface area contributed by atoms with Crippen molar-refractivity contribution < 1.29 is 4.79 Å². The maximum absolute atomic E-state index is 10.5. The molecule has 0 heterocycles. The summed E-state index contributed by atoms with van der Waals surface area (Å²) in [4.78, 5) is 10.5. The van der Waals surface area contributed by atoms with E-state index in [0.29, 0.717) is 6.42 Å². The molecule has 0 aliphatic heterocycles. The maximum Gasteiger partial charge on any atom is 0.217 e. The highest BCUT2D eigenvalue weighted by molar-refractivity contribution is 5.73. The lowest BCUT2D eigenvalue weighted by Gasteiger charge is -2.01. The van der Waals surface area contributed by atoms with Crippen molar-refractivity contribution in [2.45, 2.75) is 118 Å². The second-order valence-electron chi connectivity index (χ2n) is 5.40. The summed E-state index contributed by atoms with van der Waals surface area (Å²) in [5, 5.41) is 0. The number of unbranched alkanes of at least 4 members (excludes halogenated alkanes) is 10. The van der Waals surface area contributed by atoms with Gasteiger partial charge in [0, 0.05) is 6.42 Å². The Balaban J connectivity index is -0.000000461. The van der Waals surface area contributed by atoms with Crippen LogP contribution in [0.5, 0.6) is 0 Å². The fraction of sp³-hybridized carbons (Fsp3) is 0.947. The van der Waals surface area contributed by atoms with E-state index in [1.54, 1.807) is 0 Å². The van der Waals surface area contributed by atoms with Gasteiger partial charge in [-0.05, 0) is 6.42 Å². The molecule has 0 aliphatic carbocycles. The monoisotopic (exact) mass is 301 g/mol. The van der Waals surface area contributed by atoms with Gasteiger partial charge < -0.3 is 5.73 Å². The third kappa shape index (κ3) is 38.2. The van der Waals surface area contributed by atoms with Crippen molar-refractivity contribution in [2.24, 2.45) is 5.73 Å². The third-order valence-corrected chi connectivity index (χ3v) is 3.28. The summed E-state index contributed by atoms with van der Waals surface area (Å²) in [6, 6.07) is 0. The van der Waals surface area contributed by atoms with Crippen molar-refractivity contribution in [3.05, 3.63) is 0 Å². The van der Waals surface area contributed by atoms with Crippen LogP contribution in [-0.2, 0) is 4.79 Å². The van der Waals surface area contributed by atoms with E-state index in [9.17, 15) is 4.79 Å². The van der Waals surface area contributed by atoms with E-state index in [4.69, 9.17) is 5.73 Å². The van der Waals surface area contributed by atoms with Crippen LogP contribution in [0.15, 0.2) is 0 Å². The Morgan fingerprint density at radius 2 is 0.952 bits per heavy atom. The van der Waals surface area contributed by atoms with E-state index < -0.39 is 0 Å². The molecule has 0 aromatic carbocycles. The molecule has 0 aromatic heterocycles. The lowest BCUT2D eigenvalue weighted by molar-refractivity contribution is -0.118. The van der Waals surface area contributed by atoms with Gasteiger partial charge in [0.15, 0.2) is 0 Å². The largest absolute Gasteiger partial charge is 0.370 e. The van der Waals surface area contributed by atoms with Crippen molar-refractivity contribution in [2.75, 3.05) is 0 Å². The van der Waals surface area contributed by atoms with Crippen molar-refractivity contribution in [1.29, 1.82) is 0 Å². The molecule has 0 aliphatic rings. The Labute approximate surface area is 135 Å². The molecular formula is C19H43NO. The molecule has 0 radical (unpaired) electrons. The van der Waals surface area contributed by atoms with E-state index in [2.05, 4.69) is 20.8 Å². The molecule has 0 bridgehead atoms. The summed E-state index contributed by atoms with van der Waals surface area (Å²) in [5.74, 6) is -0.158. The topological polar surface area (TPSA) is 43.1 Å². The molecule has 0 fully saturated rings. The lowest BCUT2D eigenvalue weighted by Crippen LogP contribution is -2.09. The zero-order valence-corrected chi connectivity index (χ0v) is 15.7. The van der Waals surface area contributed by atoms with E-state index in [1.165, 1.54) is 64.2 Å². The maximum atomic E-state index is 10.5. The van der Waals surface area contributed by atoms with Crippen LogP contribution in [0.2, 0.25) is 0 Å². The first-order chi connectivity index (χ1) is 10.2. The van der Waals surface area contributed by atoms with Gasteiger partial charge in [0.25, 0.3) is 0 Å². The van der Waals surface area contributed by atoms with Gasteiger partial charge in [-0.15, -0.1) is 0 Å². The second kappa shape index (κ2) is 27.8. The first kappa shape index (κ1) is 25.4. The summed E-state index contributed by atoms with van der Waals surface area (Å²) in [6.07, 6.45) is 16.2. The minimum atomic E-state index is -0.158. The molecule has 0 rings (SSSR count). The van der Waals surface area contributed by atoms with Gasteiger partial charge in [0.05, 0.1) is 0 Å². The van der Waals surface area contributed by atoms with Gasteiger partial charge >= 0.3 is 0 Å². The molecule has 2 nitrogen and oxygen atoms in total. The summed E-state index contributed by atoms with van der Waals surface area (Å²) < 4.78 is 0. The molecule has 0 aromatic rings. The standard InChI is InChI=1S/C13H27NO.C4H10.C2H6/c1-2-3-4-5-6-7-8-9-10-11-12-13(14)15;1-3-4-2;1-2/h2-12H2,1H3,(H2,14,15);3-4H2,1-2H3;1-2H3. The smallest absolute Gasteiger partial charge is 0.217 e. The van der Waals surface area contributed by atoms with Crippen LogP contribution in [0.25, 0.3) is 0 Å². The molecule has 2 N–H and O–H groups in total. The van der Waals surface area contributed by atoms with Crippen molar-refractivity contribution in [1.82, 2.24) is 0 Å². The Morgan fingerprint density at radius 1 is 0.619 bits per heavy atom. The normalized spacial score (nSPS) is 9.19. The number of rotatable bonds is 12. The Morgan fingerprint density at radius 3 is 1.24 bits per heavy atom. The first-order valence-corrected chi connectivity index (χ1v) is 9.47. The molecule has 2 heteroatoms. The second-order valence-corrected chi connectivity index (χ2v) is 5.40. The average molecular weight is 302 g/mol. The summed E-state index contributed by atoms with van der Waals surface area (Å²) >= 11 is 0. The summed E-state index contributed by atoms with van der Waals surface area (Å²) in [6.45, 7) is 10.6. The van der Waals surface area contributed by atoms with Crippen molar-refractivity contribution in [3.8, 4) is 0 Å². The fourth-order valence-corrected chi connectivity index (χ4v) is 1.79. The van der Waals surface area contributed by atoms with E-state index in [-0.39, 0.29) is 5.91 Å². The molecular weight excluding hydrogens is 258 g/mol. The highest BCUT2D eigenvalue weighted by Gasteiger charge is 1.95. The van der Waals surface area contributed by atoms with Crippen molar-refractivity contribution in [3.63, 3.8) is 0 Å². The van der Waals surface area contributed by atoms with Gasteiger partial charge in [-0.3, -0.25) is 4.79 Å². The SMILES string of the molecule is CC.CCCC.CCCCCCCCCCCCC(N)=O. The van der Waals surface area contributed by atoms with Crippen molar-refractivity contribution >= 4 is 5.91 Å². The molecule has 130 valence electrons. The lowest BCUT2D eigenvalue weighted by atomic mass is 10.1. The van der Waals surface area contributed by atoms with Crippen LogP contribution in [0.3, 0.4) is 0 Å². The molecule has 0 saturated heterocycles. The summed E-state index contributed by atoms with van der Waals surface area (Å²) in [5.41, 5.74) is 5.06. The van der Waals surface area contributed by atoms with E-state index in [1.807, 2.05) is 13.8 Å². The molecule has 0 unspecified atom stereocenters. The number of primary amides is 1. The molecule has 0 atom stereocenters. The zero-order chi connectivity index (χ0) is 16.8. The highest BCUT2D eigenvalue weighted by atomic mass is 16.1. The van der Waals surface area contributed by atoms with Crippen LogP contribution in [-0.4, -0.2) is 5.91 Å². The van der Waals surface area contributed by atoms with Gasteiger partial charge in [0.2, 0.25) is 5.91 Å². The first-order valence-electron chi connectivity index (χ1n) is 9.47. The van der Waals surface area contributed by atoms with Gasteiger partial charge in [0.1, 0.15) is 0 Å². The zero-order valence-electron chi connectivity index (χ0n) is 15.7. The highest BCUT2D eigenvalue weighted by Crippen LogP contribution is 2.10. The van der Waals surface area contributed by atoms with Crippen LogP contribution in [0, 0.1) is 0 Å². The molecule has 0 spiro atoms. The van der Waals surface area contributed by atoms with E-state index >= 15 is 0 Å². The predicted octanol–water partition coefficient (Wildman–Crippen LogP) is 6.62. The Kier molecular flexibility index (Phi) is 33.6. The number of nitrogens with two attached hydrogens (primary N) is 1. The number of amides is 1. The quantitative estimate of drug-likeness (QED) is 0.405. The molecule has 0 saturated carbocycles. The minimum absolute atomic E-state index is 0.158. The van der Waals surface area contributed by atoms with Gasteiger partial charge in [-0.2, -0.15) is 0 Å². The van der Waals surface area contributed by atoms with Gasteiger partial charge in [-0.25, -0.2) is 0 Å². The number of hydrogen-bond donors (Lipinski definition) is 1. The fourth-order valence-electron chi connectivity index (χ4n) is 1.79. The average Bonchev–Trinajstić information content (AvgIpc) is 2.51. The number of hydrogen-bond acceptors (Lipinski definition) is 1. The predicted molar refractivity (Wildman–Crippen MR) is 97.6 cm³/mol. The summed E-state index contributed by atoms with van der Waals surface area (Å²) in [7, 11) is 0. The van der Waals surface area contributed by atoms with Crippen LogP contribution < -0.4 is 5.73 Å². The van der Waals surface area contributed by atoms with Gasteiger partial charge in [-0.1, -0.05) is 105 Å². The van der Waals surface area contributed by atoms with E-state index in [0.717, 1.165) is 12.8 Å². The number of carbonyl (C=O) groups is 1. The Bertz CT molecular complexity index is 167. The van der Waals surface area contributed by atoms with Crippen LogP contribution >= 0.6 is 0 Å². The minimum Gasteiger partial charge on any atom is -0.370 e.